The molecule has 2 heterocycles. The van der Waals surface area contributed by atoms with Gasteiger partial charge >= 0.3 is 0 Å². The number of nitrogens with zero attached hydrogens (tertiary/aromatic N) is 2. The van der Waals surface area contributed by atoms with Gasteiger partial charge in [-0.2, -0.15) is 0 Å². The first-order chi connectivity index (χ1) is 12.6. The zero-order chi connectivity index (χ0) is 18.1. The number of nitrogens with one attached hydrogen (secondary N) is 1. The van der Waals surface area contributed by atoms with Gasteiger partial charge in [0.1, 0.15) is 0 Å². The number of amides is 1. The molecule has 4 heteroatoms. The molecule has 1 aromatic heterocycles. The highest BCUT2D eigenvalue weighted by molar-refractivity contribution is 6.06. The monoisotopic (exact) mass is 351 g/mol. The number of hydrogen-bond acceptors (Lipinski definition) is 3. The molecule has 0 radical (unpaired) electrons. The number of likely N-dealkylation sites (tertiary alicyclic amines) is 1. The van der Waals surface area contributed by atoms with Crippen LogP contribution in [0.5, 0.6) is 0 Å². The fraction of sp³-hybridized carbons (Fsp3) is 0.545. The molecule has 0 spiro atoms. The fourth-order valence-electron chi connectivity index (χ4n) is 4.88. The van der Waals surface area contributed by atoms with E-state index in [-0.39, 0.29) is 11.4 Å². The predicted molar refractivity (Wildman–Crippen MR) is 106 cm³/mol. The lowest BCUT2D eigenvalue weighted by molar-refractivity contribution is 0.0862. The lowest BCUT2D eigenvalue weighted by Crippen LogP contribution is -2.53. The van der Waals surface area contributed by atoms with E-state index in [1.807, 2.05) is 25.1 Å². The van der Waals surface area contributed by atoms with Crippen LogP contribution < -0.4 is 5.32 Å². The van der Waals surface area contributed by atoms with Gasteiger partial charge in [-0.15, -0.1) is 0 Å². The number of aromatic nitrogens is 1. The molecule has 1 amide bonds. The Morgan fingerprint density at radius 3 is 2.62 bits per heavy atom. The Hall–Kier alpha value is -1.94. The van der Waals surface area contributed by atoms with Crippen molar-refractivity contribution in [2.45, 2.75) is 57.9 Å². The normalized spacial score (nSPS) is 19.9. The van der Waals surface area contributed by atoms with Crippen LogP contribution in [0.2, 0.25) is 0 Å². The van der Waals surface area contributed by atoms with E-state index in [9.17, 15) is 4.79 Å². The van der Waals surface area contributed by atoms with Gasteiger partial charge in [-0.25, -0.2) is 0 Å². The molecule has 1 N–H and O–H groups in total. The standard InChI is InChI=1S/C22H29N3O/c1-16-8-7-9-18-19(14-17(2)24-20(16)18)21(26)23-15-22(10-3-4-11-22)25-12-5-6-13-25/h7-9,14H,3-6,10-13,15H2,1-2H3,(H,23,26). The molecule has 0 atom stereocenters. The van der Waals surface area contributed by atoms with Gasteiger partial charge in [-0.1, -0.05) is 31.0 Å². The number of carbonyl (C=O) groups is 1. The molecule has 1 aromatic carbocycles. The quantitative estimate of drug-likeness (QED) is 0.906. The Balaban J connectivity index is 1.58. The maximum atomic E-state index is 13.1. The molecule has 1 saturated heterocycles. The van der Waals surface area contributed by atoms with Crippen LogP contribution in [0.3, 0.4) is 0 Å². The summed E-state index contributed by atoms with van der Waals surface area (Å²) in [5, 5.41) is 4.24. The molecule has 2 fully saturated rings. The number of rotatable bonds is 4. The molecule has 26 heavy (non-hydrogen) atoms. The van der Waals surface area contributed by atoms with Crippen LogP contribution in [0.4, 0.5) is 0 Å². The van der Waals surface area contributed by atoms with Crippen LogP contribution in [-0.2, 0) is 0 Å². The number of para-hydroxylation sites is 1. The van der Waals surface area contributed by atoms with E-state index in [1.165, 1.54) is 51.6 Å². The molecule has 2 aromatic rings. The SMILES string of the molecule is Cc1cc(C(=O)NCC2(N3CCCC3)CCCC2)c2cccc(C)c2n1. The van der Waals surface area contributed by atoms with E-state index in [0.29, 0.717) is 0 Å². The van der Waals surface area contributed by atoms with Crippen molar-refractivity contribution in [1.82, 2.24) is 15.2 Å². The Bertz CT molecular complexity index is 817. The molecular weight excluding hydrogens is 322 g/mol. The highest BCUT2D eigenvalue weighted by Crippen LogP contribution is 2.37. The largest absolute Gasteiger partial charge is 0.350 e. The Kier molecular flexibility index (Phi) is 4.70. The van der Waals surface area contributed by atoms with E-state index >= 15 is 0 Å². The number of pyridine rings is 1. The lowest BCUT2D eigenvalue weighted by Gasteiger charge is -2.39. The summed E-state index contributed by atoms with van der Waals surface area (Å²) in [7, 11) is 0. The van der Waals surface area contributed by atoms with Gasteiger partial charge in [0.05, 0.1) is 11.1 Å². The highest BCUT2D eigenvalue weighted by atomic mass is 16.1. The van der Waals surface area contributed by atoms with Gasteiger partial charge in [0.15, 0.2) is 0 Å². The third-order valence-corrected chi connectivity index (χ3v) is 6.30. The fourth-order valence-corrected chi connectivity index (χ4v) is 4.88. The molecule has 0 unspecified atom stereocenters. The average Bonchev–Trinajstić information content (AvgIpc) is 3.32. The van der Waals surface area contributed by atoms with Crippen LogP contribution in [0, 0.1) is 13.8 Å². The van der Waals surface area contributed by atoms with Crippen LogP contribution in [0.15, 0.2) is 24.3 Å². The van der Waals surface area contributed by atoms with E-state index in [2.05, 4.69) is 28.2 Å². The molecular formula is C22H29N3O. The van der Waals surface area contributed by atoms with Crippen LogP contribution in [0.1, 0.15) is 60.1 Å². The minimum absolute atomic E-state index is 0.0385. The van der Waals surface area contributed by atoms with Crippen molar-refractivity contribution >= 4 is 16.8 Å². The van der Waals surface area contributed by atoms with Crippen molar-refractivity contribution in [3.63, 3.8) is 0 Å². The zero-order valence-electron chi connectivity index (χ0n) is 16.0. The number of carbonyl (C=O) groups excluding carboxylic acids is 1. The Morgan fingerprint density at radius 1 is 1.15 bits per heavy atom. The number of hydrogen-bond donors (Lipinski definition) is 1. The van der Waals surface area contributed by atoms with Gasteiger partial charge < -0.3 is 5.32 Å². The van der Waals surface area contributed by atoms with Crippen molar-refractivity contribution in [1.29, 1.82) is 0 Å². The van der Waals surface area contributed by atoms with Crippen molar-refractivity contribution < 1.29 is 4.79 Å². The van der Waals surface area contributed by atoms with E-state index in [0.717, 1.165) is 34.3 Å². The number of fused-ring (bicyclic) bond motifs is 1. The minimum atomic E-state index is 0.0385. The number of benzene rings is 1. The lowest BCUT2D eigenvalue weighted by atomic mass is 9.95. The second-order valence-corrected chi connectivity index (χ2v) is 8.09. The smallest absolute Gasteiger partial charge is 0.252 e. The molecule has 2 aliphatic rings. The summed E-state index contributed by atoms with van der Waals surface area (Å²) in [4.78, 5) is 20.4. The molecule has 4 nitrogen and oxygen atoms in total. The first kappa shape index (κ1) is 17.5. The van der Waals surface area contributed by atoms with Crippen molar-refractivity contribution in [3.8, 4) is 0 Å². The summed E-state index contributed by atoms with van der Waals surface area (Å²) < 4.78 is 0. The van der Waals surface area contributed by atoms with Crippen LogP contribution in [-0.4, -0.2) is 41.0 Å². The zero-order valence-corrected chi connectivity index (χ0v) is 16.0. The highest BCUT2D eigenvalue weighted by Gasteiger charge is 2.40. The van der Waals surface area contributed by atoms with Crippen molar-refractivity contribution in [3.05, 3.63) is 41.1 Å². The molecule has 0 bridgehead atoms. The average molecular weight is 351 g/mol. The first-order valence-electron chi connectivity index (χ1n) is 9.99. The van der Waals surface area contributed by atoms with Crippen LogP contribution >= 0.6 is 0 Å². The maximum Gasteiger partial charge on any atom is 0.252 e. The maximum absolute atomic E-state index is 13.1. The topological polar surface area (TPSA) is 45.2 Å². The summed E-state index contributed by atoms with van der Waals surface area (Å²) in [6.07, 6.45) is 7.57. The summed E-state index contributed by atoms with van der Waals surface area (Å²) in [5.41, 5.74) is 3.88. The number of aryl methyl sites for hydroxylation is 2. The van der Waals surface area contributed by atoms with Crippen molar-refractivity contribution in [2.24, 2.45) is 0 Å². The molecule has 1 aliphatic carbocycles. The van der Waals surface area contributed by atoms with E-state index in [4.69, 9.17) is 0 Å². The Labute approximate surface area is 156 Å². The predicted octanol–water partition coefficient (Wildman–Crippen LogP) is 3.99. The summed E-state index contributed by atoms with van der Waals surface area (Å²) in [6, 6.07) is 8.00. The van der Waals surface area contributed by atoms with Gasteiger partial charge in [0, 0.05) is 23.2 Å². The molecule has 138 valence electrons. The van der Waals surface area contributed by atoms with Crippen molar-refractivity contribution in [2.75, 3.05) is 19.6 Å². The Morgan fingerprint density at radius 2 is 1.88 bits per heavy atom. The summed E-state index contributed by atoms with van der Waals surface area (Å²) in [5.74, 6) is 0.0385. The van der Waals surface area contributed by atoms with Gasteiger partial charge in [0.25, 0.3) is 5.91 Å². The second-order valence-electron chi connectivity index (χ2n) is 8.09. The first-order valence-corrected chi connectivity index (χ1v) is 9.99. The molecule has 1 aliphatic heterocycles. The summed E-state index contributed by atoms with van der Waals surface area (Å²) >= 11 is 0. The van der Waals surface area contributed by atoms with Crippen LogP contribution in [0.25, 0.3) is 10.9 Å². The van der Waals surface area contributed by atoms with E-state index < -0.39 is 0 Å². The minimum Gasteiger partial charge on any atom is -0.350 e. The van der Waals surface area contributed by atoms with Gasteiger partial charge in [-0.05, 0) is 64.3 Å². The van der Waals surface area contributed by atoms with Gasteiger partial charge in [0.2, 0.25) is 0 Å². The second kappa shape index (κ2) is 6.99. The third kappa shape index (κ3) is 3.11. The van der Waals surface area contributed by atoms with E-state index in [1.54, 1.807) is 0 Å². The molecule has 1 saturated carbocycles. The third-order valence-electron chi connectivity index (χ3n) is 6.30. The van der Waals surface area contributed by atoms with Gasteiger partial charge in [-0.3, -0.25) is 14.7 Å². The summed E-state index contributed by atoms with van der Waals surface area (Å²) in [6.45, 7) is 7.15. The molecule has 4 rings (SSSR count).